The van der Waals surface area contributed by atoms with Crippen molar-refractivity contribution in [1.82, 2.24) is 4.98 Å². The molecule has 0 aliphatic heterocycles. The van der Waals surface area contributed by atoms with Crippen molar-refractivity contribution < 1.29 is 13.9 Å². The molecule has 0 saturated heterocycles. The lowest BCUT2D eigenvalue weighted by molar-refractivity contribution is -0.144. The summed E-state index contributed by atoms with van der Waals surface area (Å²) in [5.74, 6) is -0.830. The van der Waals surface area contributed by atoms with Crippen molar-refractivity contribution in [3.8, 4) is 0 Å². The van der Waals surface area contributed by atoms with Gasteiger partial charge in [-0.15, -0.1) is 11.3 Å². The van der Waals surface area contributed by atoms with Crippen molar-refractivity contribution in [3.05, 3.63) is 50.7 Å². The van der Waals surface area contributed by atoms with E-state index < -0.39 is 11.8 Å². The summed E-state index contributed by atoms with van der Waals surface area (Å²) in [6.07, 6.45) is 0.0248. The molecule has 0 aliphatic rings. The number of benzene rings is 1. The second kappa shape index (κ2) is 6.12. The Morgan fingerprint density at radius 3 is 2.95 bits per heavy atom. The number of carbonyl (C=O) groups is 1. The Hall–Kier alpha value is -1.46. The second-order valence-electron chi connectivity index (χ2n) is 3.93. The first-order chi connectivity index (χ1) is 9.06. The number of halogens is 2. The first-order valence-electron chi connectivity index (χ1n) is 5.55. The summed E-state index contributed by atoms with van der Waals surface area (Å²) in [5.41, 5.74) is 3.11. The molecule has 0 bridgehead atoms. The van der Waals surface area contributed by atoms with Gasteiger partial charge in [-0.3, -0.25) is 4.79 Å². The van der Waals surface area contributed by atoms with E-state index >= 15 is 0 Å². The molecule has 2 rings (SSSR count). The van der Waals surface area contributed by atoms with Crippen molar-refractivity contribution >= 4 is 28.9 Å². The van der Waals surface area contributed by atoms with Crippen LogP contribution in [0.5, 0.6) is 0 Å². The molecule has 100 valence electrons. The molecule has 0 spiro atoms. The normalized spacial score (nSPS) is 10.5. The minimum Gasteiger partial charge on any atom is -0.460 e. The number of hydrogen-bond donors (Lipinski definition) is 0. The molecule has 0 N–H and O–H groups in total. The van der Waals surface area contributed by atoms with E-state index in [1.54, 1.807) is 5.51 Å². The number of aromatic nitrogens is 1. The van der Waals surface area contributed by atoms with Crippen LogP contribution in [0, 0.1) is 12.7 Å². The molecule has 2 aromatic rings. The van der Waals surface area contributed by atoms with Crippen molar-refractivity contribution in [1.29, 1.82) is 0 Å². The molecule has 0 atom stereocenters. The van der Waals surface area contributed by atoms with E-state index in [2.05, 4.69) is 4.98 Å². The molecular weight excluding hydrogens is 289 g/mol. The molecule has 3 nitrogen and oxygen atoms in total. The van der Waals surface area contributed by atoms with Crippen molar-refractivity contribution in [3.63, 3.8) is 0 Å². The lowest BCUT2D eigenvalue weighted by Crippen LogP contribution is -2.08. The minimum absolute atomic E-state index is 0.0248. The van der Waals surface area contributed by atoms with Gasteiger partial charge < -0.3 is 4.74 Å². The van der Waals surface area contributed by atoms with E-state index in [1.165, 1.54) is 29.5 Å². The Morgan fingerprint density at radius 2 is 2.32 bits per heavy atom. The molecule has 0 unspecified atom stereocenters. The first-order valence-corrected chi connectivity index (χ1v) is 6.80. The molecule has 1 aromatic heterocycles. The van der Waals surface area contributed by atoms with Gasteiger partial charge in [-0.2, -0.15) is 0 Å². The second-order valence-corrected chi connectivity index (χ2v) is 5.28. The number of hydrogen-bond acceptors (Lipinski definition) is 4. The van der Waals surface area contributed by atoms with Gasteiger partial charge in [0.05, 0.1) is 22.5 Å². The molecule has 1 aromatic carbocycles. The van der Waals surface area contributed by atoms with Crippen LogP contribution in [0.1, 0.15) is 16.1 Å². The third-order valence-corrected chi connectivity index (χ3v) is 3.82. The van der Waals surface area contributed by atoms with Crippen LogP contribution < -0.4 is 0 Å². The Labute approximate surface area is 119 Å². The van der Waals surface area contributed by atoms with Crippen molar-refractivity contribution in [2.24, 2.45) is 0 Å². The highest BCUT2D eigenvalue weighted by Gasteiger charge is 2.10. The van der Waals surface area contributed by atoms with Crippen LogP contribution in [0.15, 0.2) is 23.7 Å². The van der Waals surface area contributed by atoms with Gasteiger partial charge in [-0.1, -0.05) is 17.7 Å². The summed E-state index contributed by atoms with van der Waals surface area (Å²) < 4.78 is 18.0. The first kappa shape index (κ1) is 14.0. The van der Waals surface area contributed by atoms with E-state index in [0.717, 1.165) is 10.6 Å². The summed E-state index contributed by atoms with van der Waals surface area (Å²) in [7, 11) is 0. The Morgan fingerprint density at radius 1 is 1.53 bits per heavy atom. The van der Waals surface area contributed by atoms with Crippen LogP contribution in [0.25, 0.3) is 0 Å². The fourth-order valence-electron chi connectivity index (χ4n) is 1.48. The number of esters is 1. The highest BCUT2D eigenvalue weighted by atomic mass is 35.5. The predicted molar refractivity (Wildman–Crippen MR) is 71.8 cm³/mol. The highest BCUT2D eigenvalue weighted by molar-refractivity contribution is 7.09. The summed E-state index contributed by atoms with van der Waals surface area (Å²) in [5, 5.41) is 0.228. The molecule has 6 heteroatoms. The molecule has 0 fully saturated rings. The maximum absolute atomic E-state index is 12.9. The molecule has 1 heterocycles. The summed E-state index contributed by atoms with van der Waals surface area (Å²) in [4.78, 5) is 16.6. The van der Waals surface area contributed by atoms with E-state index in [4.69, 9.17) is 16.3 Å². The van der Waals surface area contributed by atoms with E-state index in [1.807, 2.05) is 6.92 Å². The Bertz CT molecular complexity index is 600. The Balaban J connectivity index is 1.93. The standard InChI is InChI=1S/C13H11ClFNO2S/c1-8-12(19-7-16-8)6-18-13(17)4-9-2-3-10(15)5-11(9)14/h2-3,5,7H,4,6H2,1H3. The third-order valence-electron chi connectivity index (χ3n) is 2.56. The van der Waals surface area contributed by atoms with Crippen molar-refractivity contribution in [2.45, 2.75) is 20.0 Å². The van der Waals surface area contributed by atoms with Gasteiger partial charge in [0.15, 0.2) is 0 Å². The van der Waals surface area contributed by atoms with Gasteiger partial charge in [0.1, 0.15) is 12.4 Å². The van der Waals surface area contributed by atoms with Crippen LogP contribution in [-0.2, 0) is 22.6 Å². The molecule has 0 radical (unpaired) electrons. The highest BCUT2D eigenvalue weighted by Crippen LogP contribution is 2.19. The maximum atomic E-state index is 12.9. The smallest absolute Gasteiger partial charge is 0.310 e. The lowest BCUT2D eigenvalue weighted by atomic mass is 10.1. The fourth-order valence-corrected chi connectivity index (χ4v) is 2.40. The zero-order valence-electron chi connectivity index (χ0n) is 10.2. The number of thiazole rings is 1. The number of ether oxygens (including phenoxy) is 1. The van der Waals surface area contributed by atoms with Gasteiger partial charge in [-0.05, 0) is 24.6 Å². The van der Waals surface area contributed by atoms with E-state index in [9.17, 15) is 9.18 Å². The molecular formula is C13H11ClFNO2S. The molecule has 0 amide bonds. The topological polar surface area (TPSA) is 39.2 Å². The van der Waals surface area contributed by atoms with E-state index in [0.29, 0.717) is 5.56 Å². The van der Waals surface area contributed by atoms with E-state index in [-0.39, 0.29) is 18.1 Å². The quantitative estimate of drug-likeness (QED) is 0.811. The minimum atomic E-state index is -0.428. The van der Waals surface area contributed by atoms with Gasteiger partial charge in [-0.25, -0.2) is 9.37 Å². The van der Waals surface area contributed by atoms with Gasteiger partial charge in [0.2, 0.25) is 0 Å². The molecule has 19 heavy (non-hydrogen) atoms. The average molecular weight is 300 g/mol. The zero-order chi connectivity index (χ0) is 13.8. The maximum Gasteiger partial charge on any atom is 0.310 e. The number of rotatable bonds is 4. The SMILES string of the molecule is Cc1ncsc1COC(=O)Cc1ccc(F)cc1Cl. The average Bonchev–Trinajstić information content (AvgIpc) is 2.76. The summed E-state index contributed by atoms with van der Waals surface area (Å²) in [6.45, 7) is 2.06. The van der Waals surface area contributed by atoms with Gasteiger partial charge in [0, 0.05) is 5.02 Å². The Kier molecular flexibility index (Phi) is 4.50. The van der Waals surface area contributed by atoms with Gasteiger partial charge in [0.25, 0.3) is 0 Å². The summed E-state index contributed by atoms with van der Waals surface area (Å²) in [6, 6.07) is 3.93. The number of carbonyl (C=O) groups excluding carboxylic acids is 1. The van der Waals surface area contributed by atoms with Crippen LogP contribution in [-0.4, -0.2) is 11.0 Å². The molecule has 0 saturated carbocycles. The largest absolute Gasteiger partial charge is 0.460 e. The number of nitrogens with zero attached hydrogens (tertiary/aromatic N) is 1. The van der Waals surface area contributed by atoms with Crippen LogP contribution in [0.3, 0.4) is 0 Å². The summed E-state index contributed by atoms with van der Waals surface area (Å²) >= 11 is 7.28. The van der Waals surface area contributed by atoms with Crippen molar-refractivity contribution in [2.75, 3.05) is 0 Å². The zero-order valence-corrected chi connectivity index (χ0v) is 11.7. The lowest BCUT2D eigenvalue weighted by Gasteiger charge is -2.05. The van der Waals surface area contributed by atoms with Crippen LogP contribution >= 0.6 is 22.9 Å². The predicted octanol–water partition coefficient (Wildman–Crippen LogP) is 3.53. The van der Waals surface area contributed by atoms with Crippen LogP contribution in [0.4, 0.5) is 4.39 Å². The fraction of sp³-hybridized carbons (Fsp3) is 0.231. The monoisotopic (exact) mass is 299 g/mol. The van der Waals surface area contributed by atoms with Crippen LogP contribution in [0.2, 0.25) is 5.02 Å². The third kappa shape index (κ3) is 3.75. The number of aryl methyl sites for hydroxylation is 1. The molecule has 0 aliphatic carbocycles. The van der Waals surface area contributed by atoms with Gasteiger partial charge >= 0.3 is 5.97 Å².